The molecule has 1 aliphatic rings. The van der Waals surface area contributed by atoms with E-state index in [1.54, 1.807) is 0 Å². The third-order valence-corrected chi connectivity index (χ3v) is 3.55. The van der Waals surface area contributed by atoms with E-state index in [0.717, 1.165) is 17.2 Å². The van der Waals surface area contributed by atoms with Crippen molar-refractivity contribution >= 4 is 11.6 Å². The number of aromatic nitrogens is 2. The average Bonchev–Trinajstić information content (AvgIpc) is 3.17. The lowest BCUT2D eigenvalue weighted by Crippen LogP contribution is -2.30. The smallest absolute Gasteiger partial charge is 0.138 e. The van der Waals surface area contributed by atoms with Crippen molar-refractivity contribution in [2.75, 3.05) is 17.2 Å². The van der Waals surface area contributed by atoms with Gasteiger partial charge in [-0.25, -0.2) is 9.97 Å². The molecule has 1 aromatic rings. The summed E-state index contributed by atoms with van der Waals surface area (Å²) in [6, 6.07) is 2.72. The van der Waals surface area contributed by atoms with Crippen LogP contribution in [-0.2, 0) is 5.41 Å². The maximum absolute atomic E-state index is 8.84. The third kappa shape index (κ3) is 3.01. The topological polar surface area (TPSA) is 78.8 Å². The fraction of sp³-hybridized carbons (Fsp3) is 0.667. The fourth-order valence-corrected chi connectivity index (χ4v) is 2.15. The van der Waals surface area contributed by atoms with Gasteiger partial charge in [0.1, 0.15) is 17.5 Å². The summed E-state index contributed by atoms with van der Waals surface area (Å²) in [5.74, 6) is 2.21. The molecule has 0 saturated heterocycles. The Labute approximate surface area is 120 Å². The second-order valence-electron chi connectivity index (χ2n) is 6.46. The molecule has 2 N–H and O–H groups in total. The Balaban J connectivity index is 2.42. The van der Waals surface area contributed by atoms with Crippen molar-refractivity contribution in [3.8, 4) is 6.07 Å². The molecule has 1 aromatic heterocycles. The molecule has 0 aromatic carbocycles. The van der Waals surface area contributed by atoms with Crippen molar-refractivity contribution in [3.05, 3.63) is 11.4 Å². The largest absolute Gasteiger partial charge is 0.383 e. The first kappa shape index (κ1) is 14.6. The van der Waals surface area contributed by atoms with Crippen LogP contribution in [0.2, 0.25) is 0 Å². The highest BCUT2D eigenvalue weighted by Gasteiger charge is 2.32. The van der Waals surface area contributed by atoms with Gasteiger partial charge in [-0.1, -0.05) is 20.8 Å². The summed E-state index contributed by atoms with van der Waals surface area (Å²) < 4.78 is 0. The summed E-state index contributed by atoms with van der Waals surface area (Å²) in [5, 5.41) is 8.84. The summed E-state index contributed by atoms with van der Waals surface area (Å²) >= 11 is 0. The molecular formula is C15H23N5. The van der Waals surface area contributed by atoms with Crippen molar-refractivity contribution < 1.29 is 0 Å². The van der Waals surface area contributed by atoms with Crippen LogP contribution in [-0.4, -0.2) is 22.6 Å². The number of hydrogen-bond donors (Lipinski definition) is 1. The van der Waals surface area contributed by atoms with Crippen molar-refractivity contribution in [2.45, 2.75) is 58.4 Å². The number of nitrogens with zero attached hydrogens (tertiary/aromatic N) is 4. The van der Waals surface area contributed by atoms with E-state index in [0.29, 0.717) is 24.8 Å². The second-order valence-corrected chi connectivity index (χ2v) is 6.46. The van der Waals surface area contributed by atoms with E-state index in [-0.39, 0.29) is 5.41 Å². The Kier molecular flexibility index (Phi) is 3.85. The monoisotopic (exact) mass is 273 g/mol. The molecule has 20 heavy (non-hydrogen) atoms. The molecule has 2 rings (SSSR count). The highest BCUT2D eigenvalue weighted by molar-refractivity contribution is 5.58. The second kappa shape index (κ2) is 5.28. The molecule has 0 unspecified atom stereocenters. The molecule has 0 radical (unpaired) electrons. The Hall–Kier alpha value is -1.83. The minimum atomic E-state index is -0.138. The van der Waals surface area contributed by atoms with Gasteiger partial charge in [-0.15, -0.1) is 0 Å². The van der Waals surface area contributed by atoms with E-state index in [2.05, 4.69) is 36.7 Å². The number of nitrogens with two attached hydrogens (primary N) is 1. The molecule has 0 amide bonds. The van der Waals surface area contributed by atoms with E-state index in [4.69, 9.17) is 16.0 Å². The van der Waals surface area contributed by atoms with Crippen LogP contribution in [0.3, 0.4) is 0 Å². The van der Waals surface area contributed by atoms with E-state index in [1.807, 2.05) is 6.92 Å². The maximum Gasteiger partial charge on any atom is 0.138 e. The number of rotatable bonds is 4. The van der Waals surface area contributed by atoms with Gasteiger partial charge in [-0.3, -0.25) is 0 Å². The Bertz CT molecular complexity index is 534. The normalized spacial score (nSPS) is 14.9. The molecular weight excluding hydrogens is 250 g/mol. The van der Waals surface area contributed by atoms with Crippen LogP contribution in [0.4, 0.5) is 11.6 Å². The quantitative estimate of drug-likeness (QED) is 0.912. The van der Waals surface area contributed by atoms with Crippen LogP contribution < -0.4 is 10.6 Å². The summed E-state index contributed by atoms with van der Waals surface area (Å²) in [7, 11) is 0. The van der Waals surface area contributed by atoms with E-state index in [9.17, 15) is 0 Å². The Morgan fingerprint density at radius 2 is 2.00 bits per heavy atom. The van der Waals surface area contributed by atoms with Crippen LogP contribution in [0.15, 0.2) is 0 Å². The first-order valence-electron chi connectivity index (χ1n) is 7.12. The van der Waals surface area contributed by atoms with Gasteiger partial charge < -0.3 is 10.6 Å². The van der Waals surface area contributed by atoms with Gasteiger partial charge in [0.25, 0.3) is 0 Å². The van der Waals surface area contributed by atoms with Crippen molar-refractivity contribution in [1.82, 2.24) is 9.97 Å². The molecule has 0 atom stereocenters. The molecule has 0 spiro atoms. The summed E-state index contributed by atoms with van der Waals surface area (Å²) in [6.07, 6.45) is 2.84. The summed E-state index contributed by atoms with van der Waals surface area (Å²) in [6.45, 7) is 8.91. The van der Waals surface area contributed by atoms with Crippen molar-refractivity contribution in [1.29, 1.82) is 5.26 Å². The number of hydrogen-bond acceptors (Lipinski definition) is 5. The van der Waals surface area contributed by atoms with Gasteiger partial charge in [0.05, 0.1) is 12.5 Å². The van der Waals surface area contributed by atoms with Crippen molar-refractivity contribution in [2.24, 2.45) is 0 Å². The summed E-state index contributed by atoms with van der Waals surface area (Å²) in [4.78, 5) is 11.4. The zero-order valence-corrected chi connectivity index (χ0v) is 12.8. The van der Waals surface area contributed by atoms with Crippen LogP contribution in [0.5, 0.6) is 0 Å². The molecule has 1 saturated carbocycles. The highest BCUT2D eigenvalue weighted by atomic mass is 15.2. The molecule has 5 nitrogen and oxygen atoms in total. The molecule has 1 fully saturated rings. The molecule has 1 aliphatic carbocycles. The maximum atomic E-state index is 8.84. The van der Waals surface area contributed by atoms with Gasteiger partial charge in [0.2, 0.25) is 0 Å². The van der Waals surface area contributed by atoms with Gasteiger partial charge in [0, 0.05) is 23.6 Å². The lowest BCUT2D eigenvalue weighted by molar-refractivity contribution is 0.544. The van der Waals surface area contributed by atoms with Crippen molar-refractivity contribution in [3.63, 3.8) is 0 Å². The summed E-state index contributed by atoms with van der Waals surface area (Å²) in [5.41, 5.74) is 6.84. The highest BCUT2D eigenvalue weighted by Crippen LogP contribution is 2.34. The van der Waals surface area contributed by atoms with Gasteiger partial charge in [0.15, 0.2) is 0 Å². The Morgan fingerprint density at radius 3 is 2.50 bits per heavy atom. The lowest BCUT2D eigenvalue weighted by Gasteiger charge is -2.27. The molecule has 1 heterocycles. The first-order chi connectivity index (χ1) is 9.34. The van der Waals surface area contributed by atoms with Crippen LogP contribution in [0.25, 0.3) is 0 Å². The van der Waals surface area contributed by atoms with E-state index in [1.165, 1.54) is 12.8 Å². The number of nitriles is 1. The van der Waals surface area contributed by atoms with Crippen LogP contribution >= 0.6 is 0 Å². The minimum absolute atomic E-state index is 0.138. The predicted octanol–water partition coefficient (Wildman–Crippen LogP) is 2.55. The standard InChI is InChI=1S/C15H23N5/c1-10-12(17)18-14(15(2,3)4)19-13(10)20(9-5-8-16)11-6-7-11/h11H,5-7,9H2,1-4H3,(H2,17,18,19). The van der Waals surface area contributed by atoms with Gasteiger partial charge >= 0.3 is 0 Å². The number of nitrogen functional groups attached to an aromatic ring is 1. The van der Waals surface area contributed by atoms with Gasteiger partial charge in [-0.05, 0) is 19.8 Å². The van der Waals surface area contributed by atoms with Crippen LogP contribution in [0.1, 0.15) is 51.4 Å². The average molecular weight is 273 g/mol. The number of anilines is 2. The molecule has 108 valence electrons. The molecule has 0 aliphatic heterocycles. The predicted molar refractivity (Wildman–Crippen MR) is 80.5 cm³/mol. The Morgan fingerprint density at radius 1 is 1.35 bits per heavy atom. The molecule has 0 bridgehead atoms. The third-order valence-electron chi connectivity index (χ3n) is 3.55. The van der Waals surface area contributed by atoms with Crippen LogP contribution in [0, 0.1) is 18.3 Å². The SMILES string of the molecule is Cc1c(N)nc(C(C)(C)C)nc1N(CCC#N)C1CC1. The fourth-order valence-electron chi connectivity index (χ4n) is 2.15. The molecule has 5 heteroatoms. The van der Waals surface area contributed by atoms with Gasteiger partial charge in [-0.2, -0.15) is 5.26 Å². The first-order valence-corrected chi connectivity index (χ1v) is 7.12. The zero-order valence-electron chi connectivity index (χ0n) is 12.8. The van der Waals surface area contributed by atoms with E-state index < -0.39 is 0 Å². The van der Waals surface area contributed by atoms with E-state index >= 15 is 0 Å². The lowest BCUT2D eigenvalue weighted by atomic mass is 9.95. The minimum Gasteiger partial charge on any atom is -0.383 e. The zero-order chi connectivity index (χ0) is 14.9.